The van der Waals surface area contributed by atoms with Crippen molar-refractivity contribution in [3.8, 4) is 5.75 Å². The predicted molar refractivity (Wildman–Crippen MR) is 116 cm³/mol. The summed E-state index contributed by atoms with van der Waals surface area (Å²) in [5.41, 5.74) is 6.94. The van der Waals surface area contributed by atoms with Gasteiger partial charge in [0.05, 0.1) is 5.56 Å². The van der Waals surface area contributed by atoms with E-state index in [0.29, 0.717) is 28.1 Å². The van der Waals surface area contributed by atoms with Crippen LogP contribution in [0.25, 0.3) is 0 Å². The molecule has 0 aliphatic heterocycles. The summed E-state index contributed by atoms with van der Waals surface area (Å²) in [7, 11) is 0. The number of benzene rings is 3. The number of carbonyl (C=O) groups is 3. The Morgan fingerprint density at radius 1 is 0.903 bits per heavy atom. The molecule has 158 valence electrons. The van der Waals surface area contributed by atoms with Crippen LogP contribution in [-0.2, 0) is 16.1 Å². The Balaban J connectivity index is 1.61. The fraction of sp³-hybridized carbons (Fsp3) is 0.125. The first-order valence-corrected chi connectivity index (χ1v) is 9.61. The van der Waals surface area contributed by atoms with Gasteiger partial charge in [0, 0.05) is 16.8 Å². The second-order valence-corrected chi connectivity index (χ2v) is 6.74. The summed E-state index contributed by atoms with van der Waals surface area (Å²) < 4.78 is 11.1. The largest absolute Gasteiger partial charge is 0.489 e. The number of nitrogens with two attached hydrogens (primary N) is 1. The van der Waals surface area contributed by atoms with Crippen molar-refractivity contribution >= 4 is 23.5 Å². The van der Waals surface area contributed by atoms with Crippen molar-refractivity contribution in [1.82, 2.24) is 0 Å². The molecule has 0 spiro atoms. The van der Waals surface area contributed by atoms with Crippen LogP contribution >= 0.6 is 0 Å². The van der Waals surface area contributed by atoms with Crippen molar-refractivity contribution in [2.45, 2.75) is 19.6 Å². The molecule has 0 saturated carbocycles. The molecule has 1 atom stereocenters. The van der Waals surface area contributed by atoms with E-state index in [4.69, 9.17) is 15.2 Å². The standard InChI is InChI=1S/C24H22N2O5/c1-16(23(28)26-19-13-11-17(12-14-19)22(25)27)31-24(29)21-10-6-5-7-18(21)15-30-20-8-3-2-4-9-20/h2-14,16H,15H2,1H3,(H2,25,27)(H,26,28)/t16-/m1/s1. The molecule has 7 heteroatoms. The smallest absolute Gasteiger partial charge is 0.339 e. The van der Waals surface area contributed by atoms with E-state index in [9.17, 15) is 14.4 Å². The average Bonchev–Trinajstić information content (AvgIpc) is 2.78. The molecule has 0 heterocycles. The number of amides is 2. The van der Waals surface area contributed by atoms with E-state index in [1.807, 2.05) is 30.3 Å². The van der Waals surface area contributed by atoms with Crippen LogP contribution in [0.5, 0.6) is 5.75 Å². The third kappa shape index (κ3) is 5.93. The normalized spacial score (nSPS) is 11.3. The predicted octanol–water partition coefficient (Wildman–Crippen LogP) is 3.55. The molecule has 0 fully saturated rings. The number of hydrogen-bond donors (Lipinski definition) is 2. The van der Waals surface area contributed by atoms with Crippen molar-refractivity contribution in [3.05, 3.63) is 95.6 Å². The lowest BCUT2D eigenvalue weighted by Gasteiger charge is -2.15. The van der Waals surface area contributed by atoms with Gasteiger partial charge in [0.2, 0.25) is 5.91 Å². The molecule has 0 saturated heterocycles. The second kappa shape index (κ2) is 10.1. The monoisotopic (exact) mass is 418 g/mol. The first kappa shape index (κ1) is 21.6. The quantitative estimate of drug-likeness (QED) is 0.544. The maximum absolute atomic E-state index is 12.7. The lowest BCUT2D eigenvalue weighted by molar-refractivity contribution is -0.123. The summed E-state index contributed by atoms with van der Waals surface area (Å²) >= 11 is 0. The third-order valence-electron chi connectivity index (χ3n) is 4.46. The van der Waals surface area contributed by atoms with Crippen molar-refractivity contribution in [1.29, 1.82) is 0 Å². The number of hydrogen-bond acceptors (Lipinski definition) is 5. The molecule has 3 rings (SSSR count). The minimum absolute atomic E-state index is 0.183. The van der Waals surface area contributed by atoms with Crippen LogP contribution in [-0.4, -0.2) is 23.9 Å². The SMILES string of the molecule is C[C@@H](OC(=O)c1ccccc1COc1ccccc1)C(=O)Nc1ccc(C(N)=O)cc1. The highest BCUT2D eigenvalue weighted by molar-refractivity contribution is 5.98. The van der Waals surface area contributed by atoms with Gasteiger partial charge < -0.3 is 20.5 Å². The Labute approximate surface area is 179 Å². The fourth-order valence-corrected chi connectivity index (χ4v) is 2.76. The Bertz CT molecular complexity index is 1060. The summed E-state index contributed by atoms with van der Waals surface area (Å²) in [4.78, 5) is 36.2. The zero-order valence-electron chi connectivity index (χ0n) is 16.9. The van der Waals surface area contributed by atoms with E-state index < -0.39 is 23.9 Å². The molecule has 3 N–H and O–H groups in total. The number of esters is 1. The molecule has 3 aromatic rings. The average molecular weight is 418 g/mol. The van der Waals surface area contributed by atoms with Crippen molar-refractivity contribution in [3.63, 3.8) is 0 Å². The Kier molecular flexibility index (Phi) is 7.01. The van der Waals surface area contributed by atoms with E-state index in [1.54, 1.807) is 36.4 Å². The molecule has 7 nitrogen and oxygen atoms in total. The Morgan fingerprint density at radius 2 is 1.55 bits per heavy atom. The molecule has 3 aromatic carbocycles. The zero-order chi connectivity index (χ0) is 22.2. The molecule has 2 amide bonds. The summed E-state index contributed by atoms with van der Waals surface area (Å²) in [6.07, 6.45) is -1.04. The van der Waals surface area contributed by atoms with Gasteiger partial charge in [0.25, 0.3) is 5.91 Å². The minimum atomic E-state index is -1.04. The van der Waals surface area contributed by atoms with E-state index in [1.165, 1.54) is 19.1 Å². The Morgan fingerprint density at radius 3 is 2.23 bits per heavy atom. The molecule has 0 aliphatic rings. The van der Waals surface area contributed by atoms with Gasteiger partial charge in [0.15, 0.2) is 6.10 Å². The number of ether oxygens (including phenoxy) is 2. The lowest BCUT2D eigenvalue weighted by Crippen LogP contribution is -2.30. The summed E-state index contributed by atoms with van der Waals surface area (Å²) in [5, 5.41) is 2.63. The molecule has 31 heavy (non-hydrogen) atoms. The van der Waals surface area contributed by atoms with Gasteiger partial charge in [-0.15, -0.1) is 0 Å². The van der Waals surface area contributed by atoms with Gasteiger partial charge in [-0.1, -0.05) is 36.4 Å². The molecule has 0 aliphatic carbocycles. The van der Waals surface area contributed by atoms with Gasteiger partial charge in [-0.2, -0.15) is 0 Å². The van der Waals surface area contributed by atoms with Crippen LogP contribution in [0, 0.1) is 0 Å². The first-order valence-electron chi connectivity index (χ1n) is 9.61. The summed E-state index contributed by atoms with van der Waals surface area (Å²) in [5.74, 6) is -1.01. The lowest BCUT2D eigenvalue weighted by atomic mass is 10.1. The minimum Gasteiger partial charge on any atom is -0.489 e. The number of primary amides is 1. The highest BCUT2D eigenvalue weighted by Crippen LogP contribution is 2.17. The van der Waals surface area contributed by atoms with Crippen molar-refractivity contribution < 1.29 is 23.9 Å². The second-order valence-electron chi connectivity index (χ2n) is 6.74. The van der Waals surface area contributed by atoms with Crippen LogP contribution in [0.15, 0.2) is 78.9 Å². The fourth-order valence-electron chi connectivity index (χ4n) is 2.76. The number of carbonyl (C=O) groups excluding carboxylic acids is 3. The van der Waals surface area contributed by atoms with Gasteiger partial charge in [-0.3, -0.25) is 9.59 Å². The zero-order valence-corrected chi connectivity index (χ0v) is 16.9. The first-order chi connectivity index (χ1) is 14.9. The van der Waals surface area contributed by atoms with Gasteiger partial charge >= 0.3 is 5.97 Å². The number of nitrogens with one attached hydrogen (secondary N) is 1. The van der Waals surface area contributed by atoms with E-state index in [0.717, 1.165) is 0 Å². The van der Waals surface area contributed by atoms with Crippen LogP contribution in [0.2, 0.25) is 0 Å². The highest BCUT2D eigenvalue weighted by atomic mass is 16.5. The molecule has 0 aromatic heterocycles. The molecular formula is C24H22N2O5. The molecule has 0 bridgehead atoms. The van der Waals surface area contributed by atoms with Crippen LogP contribution in [0.4, 0.5) is 5.69 Å². The topological polar surface area (TPSA) is 108 Å². The Hall–Kier alpha value is -4.13. The molecule has 0 radical (unpaired) electrons. The van der Waals surface area contributed by atoms with Gasteiger partial charge in [-0.25, -0.2) is 4.79 Å². The van der Waals surface area contributed by atoms with Crippen LogP contribution in [0.1, 0.15) is 33.2 Å². The van der Waals surface area contributed by atoms with Crippen molar-refractivity contribution in [2.75, 3.05) is 5.32 Å². The summed E-state index contributed by atoms with van der Waals surface area (Å²) in [6.45, 7) is 1.66. The van der Waals surface area contributed by atoms with E-state index in [2.05, 4.69) is 5.32 Å². The summed E-state index contributed by atoms with van der Waals surface area (Å²) in [6, 6.07) is 22.2. The molecular weight excluding hydrogens is 396 g/mol. The number of anilines is 1. The van der Waals surface area contributed by atoms with Crippen LogP contribution < -0.4 is 15.8 Å². The van der Waals surface area contributed by atoms with E-state index in [-0.39, 0.29) is 6.61 Å². The maximum atomic E-state index is 12.7. The number of rotatable bonds is 8. The van der Waals surface area contributed by atoms with Crippen molar-refractivity contribution in [2.24, 2.45) is 5.73 Å². The molecule has 0 unspecified atom stereocenters. The maximum Gasteiger partial charge on any atom is 0.339 e. The van der Waals surface area contributed by atoms with E-state index >= 15 is 0 Å². The van der Waals surface area contributed by atoms with Gasteiger partial charge in [0.1, 0.15) is 12.4 Å². The number of para-hydroxylation sites is 1. The van der Waals surface area contributed by atoms with Gasteiger partial charge in [-0.05, 0) is 49.4 Å². The van der Waals surface area contributed by atoms with Crippen LogP contribution in [0.3, 0.4) is 0 Å². The third-order valence-corrected chi connectivity index (χ3v) is 4.46. The highest BCUT2D eigenvalue weighted by Gasteiger charge is 2.21.